The van der Waals surface area contributed by atoms with Crippen molar-refractivity contribution in [1.29, 1.82) is 0 Å². The summed E-state index contributed by atoms with van der Waals surface area (Å²) in [6.45, 7) is 2.33. The van der Waals surface area contributed by atoms with Crippen molar-refractivity contribution in [1.82, 2.24) is 25.1 Å². The summed E-state index contributed by atoms with van der Waals surface area (Å²) < 4.78 is 0. The maximum Gasteiger partial charge on any atom is 0.326 e. The summed E-state index contributed by atoms with van der Waals surface area (Å²) in [5.74, 6) is -0.535. The highest BCUT2D eigenvalue weighted by atomic mass is 16.4. The molecule has 1 aliphatic rings. The number of hydrogen-bond acceptors (Lipinski definition) is 5. The Kier molecular flexibility index (Phi) is 4.54. The molecule has 0 aliphatic carbocycles. The van der Waals surface area contributed by atoms with Gasteiger partial charge < -0.3 is 10.0 Å². The summed E-state index contributed by atoms with van der Waals surface area (Å²) in [7, 11) is 0. The molecule has 1 amide bonds. The molecule has 2 atom stereocenters. The predicted octanol–water partition coefficient (Wildman–Crippen LogP) is 1.05. The van der Waals surface area contributed by atoms with E-state index < -0.39 is 12.0 Å². The summed E-state index contributed by atoms with van der Waals surface area (Å²) in [6.07, 6.45) is 1.27. The molecule has 3 rings (SSSR count). The monoisotopic (exact) mass is 329 g/mol. The number of carbonyl (C=O) groups excluding carboxylic acids is 1. The molecular formula is C16H19N5O3. The van der Waals surface area contributed by atoms with Crippen molar-refractivity contribution in [2.24, 2.45) is 5.92 Å². The number of nitrogens with zero attached hydrogens (tertiary/aromatic N) is 5. The van der Waals surface area contributed by atoms with Crippen molar-refractivity contribution in [3.63, 3.8) is 0 Å². The molecule has 126 valence electrons. The fourth-order valence-electron chi connectivity index (χ4n) is 2.90. The van der Waals surface area contributed by atoms with E-state index in [2.05, 4.69) is 15.4 Å². The quantitative estimate of drug-likeness (QED) is 0.900. The average molecular weight is 329 g/mol. The van der Waals surface area contributed by atoms with E-state index >= 15 is 0 Å². The molecule has 1 aromatic carbocycles. The van der Waals surface area contributed by atoms with Crippen LogP contribution in [0.2, 0.25) is 0 Å². The Balaban J connectivity index is 1.70. The first-order chi connectivity index (χ1) is 11.5. The number of benzene rings is 1. The number of aromatic nitrogens is 4. The number of tetrazole rings is 1. The highest BCUT2D eigenvalue weighted by molar-refractivity contribution is 5.83. The van der Waals surface area contributed by atoms with E-state index in [4.69, 9.17) is 0 Å². The molecule has 0 bridgehead atoms. The van der Waals surface area contributed by atoms with E-state index in [1.807, 2.05) is 37.3 Å². The Hall–Kier alpha value is -2.77. The molecule has 2 heterocycles. The van der Waals surface area contributed by atoms with Crippen LogP contribution in [0.25, 0.3) is 11.4 Å². The molecule has 8 heteroatoms. The number of amides is 1. The molecule has 0 saturated carbocycles. The van der Waals surface area contributed by atoms with Crippen LogP contribution in [0.4, 0.5) is 0 Å². The SMILES string of the molecule is CC1CCN(C(=O)Cn2nnc(-c3ccccc3)n2)C(C(=O)O)C1. The predicted molar refractivity (Wildman–Crippen MR) is 84.8 cm³/mol. The van der Waals surface area contributed by atoms with Gasteiger partial charge in [0.2, 0.25) is 11.7 Å². The number of hydrogen-bond donors (Lipinski definition) is 1. The van der Waals surface area contributed by atoms with Crippen molar-refractivity contribution >= 4 is 11.9 Å². The minimum atomic E-state index is -0.966. The summed E-state index contributed by atoms with van der Waals surface area (Å²) in [6, 6.07) is 8.56. The van der Waals surface area contributed by atoms with Crippen LogP contribution in [-0.4, -0.2) is 54.7 Å². The second-order valence-electron chi connectivity index (χ2n) is 6.08. The summed E-state index contributed by atoms with van der Waals surface area (Å²) in [5.41, 5.74) is 0.811. The van der Waals surface area contributed by atoms with Gasteiger partial charge in [0, 0.05) is 12.1 Å². The molecule has 0 spiro atoms. The highest BCUT2D eigenvalue weighted by Crippen LogP contribution is 2.23. The molecule has 8 nitrogen and oxygen atoms in total. The van der Waals surface area contributed by atoms with Gasteiger partial charge in [-0.15, -0.1) is 10.2 Å². The van der Waals surface area contributed by atoms with Gasteiger partial charge in [-0.05, 0) is 24.0 Å². The second kappa shape index (κ2) is 6.77. The lowest BCUT2D eigenvalue weighted by Gasteiger charge is -2.35. The lowest BCUT2D eigenvalue weighted by molar-refractivity contribution is -0.153. The topological polar surface area (TPSA) is 101 Å². The molecule has 1 N–H and O–H groups in total. The lowest BCUT2D eigenvalue weighted by Crippen LogP contribution is -2.50. The standard InChI is InChI=1S/C16H19N5O3/c1-11-7-8-20(13(9-11)16(23)24)14(22)10-21-18-15(17-19-21)12-5-3-2-4-6-12/h2-6,11,13H,7-10H2,1H3,(H,23,24). The fraction of sp³-hybridized carbons (Fsp3) is 0.438. The van der Waals surface area contributed by atoms with E-state index in [0.717, 1.165) is 12.0 Å². The van der Waals surface area contributed by atoms with E-state index in [9.17, 15) is 14.7 Å². The first kappa shape index (κ1) is 16.1. The van der Waals surface area contributed by atoms with Gasteiger partial charge in [-0.3, -0.25) is 4.79 Å². The van der Waals surface area contributed by atoms with Gasteiger partial charge in [-0.25, -0.2) is 4.79 Å². The Morgan fingerprint density at radius 3 is 2.75 bits per heavy atom. The number of piperidine rings is 1. The summed E-state index contributed by atoms with van der Waals surface area (Å²) in [4.78, 5) is 26.5. The summed E-state index contributed by atoms with van der Waals surface area (Å²) in [5, 5.41) is 21.4. The first-order valence-electron chi connectivity index (χ1n) is 7.90. The molecule has 2 aromatic rings. The molecule has 1 saturated heterocycles. The van der Waals surface area contributed by atoms with Gasteiger partial charge in [0.25, 0.3) is 0 Å². The van der Waals surface area contributed by atoms with Crippen LogP contribution >= 0.6 is 0 Å². The van der Waals surface area contributed by atoms with Crippen molar-refractivity contribution in [2.45, 2.75) is 32.4 Å². The van der Waals surface area contributed by atoms with Crippen molar-refractivity contribution in [3.8, 4) is 11.4 Å². The van der Waals surface area contributed by atoms with Gasteiger partial charge in [-0.1, -0.05) is 37.3 Å². The minimum absolute atomic E-state index is 0.113. The van der Waals surface area contributed by atoms with Gasteiger partial charge in [0.05, 0.1) is 0 Å². The zero-order chi connectivity index (χ0) is 17.1. The molecule has 1 aliphatic heterocycles. The van der Waals surface area contributed by atoms with Crippen molar-refractivity contribution < 1.29 is 14.7 Å². The Morgan fingerprint density at radius 1 is 1.29 bits per heavy atom. The van der Waals surface area contributed by atoms with E-state index in [1.54, 1.807) is 0 Å². The van der Waals surface area contributed by atoms with Crippen molar-refractivity contribution in [3.05, 3.63) is 30.3 Å². The van der Waals surface area contributed by atoms with Crippen LogP contribution in [0.3, 0.4) is 0 Å². The molecule has 24 heavy (non-hydrogen) atoms. The molecule has 1 aromatic heterocycles. The van der Waals surface area contributed by atoms with Gasteiger partial charge in [0.15, 0.2) is 0 Å². The normalized spacial score (nSPS) is 20.8. The largest absolute Gasteiger partial charge is 0.480 e. The van der Waals surface area contributed by atoms with Crippen LogP contribution in [-0.2, 0) is 16.1 Å². The van der Waals surface area contributed by atoms with Gasteiger partial charge in [-0.2, -0.15) is 4.80 Å². The number of likely N-dealkylation sites (tertiary alicyclic amines) is 1. The molecule has 0 radical (unpaired) electrons. The molecule has 2 unspecified atom stereocenters. The van der Waals surface area contributed by atoms with Crippen molar-refractivity contribution in [2.75, 3.05) is 6.54 Å². The van der Waals surface area contributed by atoms with Crippen LogP contribution in [0, 0.1) is 5.92 Å². The third-order valence-electron chi connectivity index (χ3n) is 4.23. The van der Waals surface area contributed by atoms with Gasteiger partial charge >= 0.3 is 5.97 Å². The third-order valence-corrected chi connectivity index (χ3v) is 4.23. The highest BCUT2D eigenvalue weighted by Gasteiger charge is 2.34. The van der Waals surface area contributed by atoms with E-state index in [1.165, 1.54) is 9.70 Å². The number of carboxylic acid groups (broad SMARTS) is 1. The number of aliphatic carboxylic acids is 1. The lowest BCUT2D eigenvalue weighted by atomic mass is 9.92. The smallest absolute Gasteiger partial charge is 0.326 e. The fourth-order valence-corrected chi connectivity index (χ4v) is 2.90. The van der Waals surface area contributed by atoms with Crippen LogP contribution in [0.5, 0.6) is 0 Å². The second-order valence-corrected chi connectivity index (χ2v) is 6.08. The molecule has 1 fully saturated rings. The number of carbonyl (C=O) groups is 2. The maximum absolute atomic E-state index is 12.5. The molecular weight excluding hydrogens is 310 g/mol. The Labute approximate surface area is 139 Å². The van der Waals surface area contributed by atoms with Crippen LogP contribution < -0.4 is 0 Å². The van der Waals surface area contributed by atoms with Crippen LogP contribution in [0.15, 0.2) is 30.3 Å². The number of rotatable bonds is 4. The average Bonchev–Trinajstić information content (AvgIpc) is 3.04. The zero-order valence-corrected chi connectivity index (χ0v) is 13.4. The minimum Gasteiger partial charge on any atom is -0.480 e. The summed E-state index contributed by atoms with van der Waals surface area (Å²) >= 11 is 0. The van der Waals surface area contributed by atoms with E-state index in [0.29, 0.717) is 24.7 Å². The Morgan fingerprint density at radius 2 is 2.04 bits per heavy atom. The maximum atomic E-state index is 12.5. The van der Waals surface area contributed by atoms with E-state index in [-0.39, 0.29) is 12.5 Å². The third kappa shape index (κ3) is 3.42. The van der Waals surface area contributed by atoms with Crippen LogP contribution in [0.1, 0.15) is 19.8 Å². The first-order valence-corrected chi connectivity index (χ1v) is 7.90. The Bertz CT molecular complexity index is 730. The number of carboxylic acids is 1. The zero-order valence-electron chi connectivity index (χ0n) is 13.4. The van der Waals surface area contributed by atoms with Gasteiger partial charge in [0.1, 0.15) is 12.6 Å².